The Morgan fingerprint density at radius 3 is 2.90 bits per heavy atom. The standard InChI is InChI=1S/C16H19N3S/c1-11-8-12(16(17)20)6-7-13(11)9-19-10-18-14-4-2-3-5-15(14)19/h6-8,10H,2-5,9H2,1H3,(H2,17,20). The number of imidazole rings is 1. The average Bonchev–Trinajstić information content (AvgIpc) is 2.84. The highest BCUT2D eigenvalue weighted by Gasteiger charge is 2.15. The van der Waals surface area contributed by atoms with Crippen molar-refractivity contribution in [3.63, 3.8) is 0 Å². The first-order valence-electron chi connectivity index (χ1n) is 7.07. The molecule has 3 rings (SSSR count). The molecule has 20 heavy (non-hydrogen) atoms. The lowest BCUT2D eigenvalue weighted by atomic mass is 10.0. The quantitative estimate of drug-likeness (QED) is 0.882. The number of nitrogens with two attached hydrogens (primary N) is 1. The van der Waals surface area contributed by atoms with Crippen molar-refractivity contribution in [3.05, 3.63) is 52.6 Å². The molecule has 0 saturated carbocycles. The lowest BCUT2D eigenvalue weighted by molar-refractivity contribution is 0.628. The van der Waals surface area contributed by atoms with Crippen molar-refractivity contribution in [1.29, 1.82) is 0 Å². The zero-order valence-corrected chi connectivity index (χ0v) is 12.5. The van der Waals surface area contributed by atoms with E-state index in [0.29, 0.717) is 4.99 Å². The smallest absolute Gasteiger partial charge is 0.103 e. The highest BCUT2D eigenvalue weighted by atomic mass is 32.1. The third kappa shape index (κ3) is 2.48. The summed E-state index contributed by atoms with van der Waals surface area (Å²) in [7, 11) is 0. The summed E-state index contributed by atoms with van der Waals surface area (Å²) >= 11 is 5.02. The van der Waals surface area contributed by atoms with Crippen LogP contribution in [0.15, 0.2) is 24.5 Å². The SMILES string of the molecule is Cc1cc(C(N)=S)ccc1Cn1cnc2c1CCCC2. The Morgan fingerprint density at radius 1 is 1.35 bits per heavy atom. The number of thiocarbonyl (C=S) groups is 1. The maximum atomic E-state index is 5.68. The lowest BCUT2D eigenvalue weighted by Gasteiger charge is -2.15. The average molecular weight is 285 g/mol. The summed E-state index contributed by atoms with van der Waals surface area (Å²) in [6.07, 6.45) is 6.81. The van der Waals surface area contributed by atoms with Gasteiger partial charge in [-0.2, -0.15) is 0 Å². The number of rotatable bonds is 3. The molecule has 1 aliphatic carbocycles. The zero-order valence-electron chi connectivity index (χ0n) is 11.7. The van der Waals surface area contributed by atoms with Crippen molar-refractivity contribution in [1.82, 2.24) is 9.55 Å². The summed E-state index contributed by atoms with van der Waals surface area (Å²) < 4.78 is 2.29. The van der Waals surface area contributed by atoms with E-state index in [1.54, 1.807) is 0 Å². The van der Waals surface area contributed by atoms with E-state index in [0.717, 1.165) is 24.9 Å². The third-order valence-electron chi connectivity index (χ3n) is 4.08. The van der Waals surface area contributed by atoms with Gasteiger partial charge in [0.05, 0.1) is 12.0 Å². The van der Waals surface area contributed by atoms with Crippen molar-refractivity contribution >= 4 is 17.2 Å². The van der Waals surface area contributed by atoms with Crippen LogP contribution in [-0.2, 0) is 19.4 Å². The molecule has 0 saturated heterocycles. The Kier molecular flexibility index (Phi) is 3.57. The van der Waals surface area contributed by atoms with Gasteiger partial charge in [0.15, 0.2) is 0 Å². The van der Waals surface area contributed by atoms with Crippen LogP contribution in [0.1, 0.15) is 40.9 Å². The minimum Gasteiger partial charge on any atom is -0.389 e. The van der Waals surface area contributed by atoms with Crippen LogP contribution in [0.2, 0.25) is 0 Å². The normalized spacial score (nSPS) is 14.1. The molecular weight excluding hydrogens is 266 g/mol. The van der Waals surface area contributed by atoms with E-state index in [9.17, 15) is 0 Å². The Labute approximate surface area is 124 Å². The van der Waals surface area contributed by atoms with E-state index in [4.69, 9.17) is 18.0 Å². The first-order chi connectivity index (χ1) is 9.65. The van der Waals surface area contributed by atoms with Crippen LogP contribution in [0.25, 0.3) is 0 Å². The first kappa shape index (κ1) is 13.3. The maximum Gasteiger partial charge on any atom is 0.103 e. The molecule has 1 aromatic heterocycles. The minimum atomic E-state index is 0.458. The van der Waals surface area contributed by atoms with Crippen LogP contribution in [0, 0.1) is 6.92 Å². The van der Waals surface area contributed by atoms with Crippen LogP contribution in [-0.4, -0.2) is 14.5 Å². The molecule has 0 bridgehead atoms. The summed E-state index contributed by atoms with van der Waals surface area (Å²) in [4.78, 5) is 5.01. The van der Waals surface area contributed by atoms with Gasteiger partial charge >= 0.3 is 0 Å². The molecule has 0 aliphatic heterocycles. The van der Waals surface area contributed by atoms with Gasteiger partial charge in [-0.15, -0.1) is 0 Å². The van der Waals surface area contributed by atoms with Crippen LogP contribution >= 0.6 is 12.2 Å². The maximum absolute atomic E-state index is 5.68. The Balaban J connectivity index is 1.88. The van der Waals surface area contributed by atoms with Crippen LogP contribution in [0.5, 0.6) is 0 Å². The van der Waals surface area contributed by atoms with Gasteiger partial charge in [-0.1, -0.05) is 24.4 Å². The molecular formula is C16H19N3S. The van der Waals surface area contributed by atoms with E-state index in [-0.39, 0.29) is 0 Å². The predicted octanol–water partition coefficient (Wildman–Crippen LogP) is 2.75. The van der Waals surface area contributed by atoms with Gasteiger partial charge in [0.25, 0.3) is 0 Å². The summed E-state index contributed by atoms with van der Waals surface area (Å²) in [5.74, 6) is 0. The van der Waals surface area contributed by atoms with E-state index in [1.807, 2.05) is 12.4 Å². The number of hydrogen-bond donors (Lipinski definition) is 1. The fraction of sp³-hybridized carbons (Fsp3) is 0.375. The van der Waals surface area contributed by atoms with E-state index in [1.165, 1.54) is 35.4 Å². The molecule has 0 atom stereocenters. The predicted molar refractivity (Wildman–Crippen MR) is 85.0 cm³/mol. The molecule has 1 aliphatic rings. The number of aromatic nitrogens is 2. The molecule has 0 fully saturated rings. The Morgan fingerprint density at radius 2 is 2.15 bits per heavy atom. The van der Waals surface area contributed by atoms with E-state index in [2.05, 4.69) is 28.6 Å². The van der Waals surface area contributed by atoms with Crippen molar-refractivity contribution in [2.24, 2.45) is 5.73 Å². The van der Waals surface area contributed by atoms with Gasteiger partial charge < -0.3 is 10.3 Å². The van der Waals surface area contributed by atoms with Gasteiger partial charge in [-0.3, -0.25) is 0 Å². The summed E-state index contributed by atoms with van der Waals surface area (Å²) in [5, 5.41) is 0. The second-order valence-electron chi connectivity index (χ2n) is 5.48. The third-order valence-corrected chi connectivity index (χ3v) is 4.31. The van der Waals surface area contributed by atoms with Crippen LogP contribution < -0.4 is 5.73 Å². The van der Waals surface area contributed by atoms with Gasteiger partial charge in [-0.25, -0.2) is 4.98 Å². The molecule has 1 aromatic carbocycles. The van der Waals surface area contributed by atoms with E-state index >= 15 is 0 Å². The second-order valence-corrected chi connectivity index (χ2v) is 5.92. The van der Waals surface area contributed by atoms with Gasteiger partial charge in [0.1, 0.15) is 4.99 Å². The number of benzene rings is 1. The lowest BCUT2D eigenvalue weighted by Crippen LogP contribution is -2.12. The summed E-state index contributed by atoms with van der Waals surface area (Å²) in [6, 6.07) is 6.20. The number of aryl methyl sites for hydroxylation is 2. The number of hydrogen-bond acceptors (Lipinski definition) is 2. The fourth-order valence-electron chi connectivity index (χ4n) is 2.88. The summed E-state index contributed by atoms with van der Waals surface area (Å²) in [5.41, 5.74) is 11.8. The Hall–Kier alpha value is -1.68. The van der Waals surface area contributed by atoms with Crippen molar-refractivity contribution in [2.45, 2.75) is 39.2 Å². The molecule has 4 heteroatoms. The van der Waals surface area contributed by atoms with Crippen molar-refractivity contribution < 1.29 is 0 Å². The summed E-state index contributed by atoms with van der Waals surface area (Å²) in [6.45, 7) is 2.99. The molecule has 2 aromatic rings. The van der Waals surface area contributed by atoms with Crippen molar-refractivity contribution in [2.75, 3.05) is 0 Å². The highest BCUT2D eigenvalue weighted by molar-refractivity contribution is 7.80. The number of fused-ring (bicyclic) bond motifs is 1. The topological polar surface area (TPSA) is 43.8 Å². The molecule has 3 nitrogen and oxygen atoms in total. The van der Waals surface area contributed by atoms with E-state index < -0.39 is 0 Å². The molecule has 0 radical (unpaired) electrons. The monoisotopic (exact) mass is 285 g/mol. The molecule has 104 valence electrons. The number of nitrogens with zero attached hydrogens (tertiary/aromatic N) is 2. The Bertz CT molecular complexity index is 658. The highest BCUT2D eigenvalue weighted by Crippen LogP contribution is 2.21. The largest absolute Gasteiger partial charge is 0.389 e. The van der Waals surface area contributed by atoms with Gasteiger partial charge in [0.2, 0.25) is 0 Å². The minimum absolute atomic E-state index is 0.458. The van der Waals surface area contributed by atoms with Gasteiger partial charge in [-0.05, 0) is 49.8 Å². The first-order valence-corrected chi connectivity index (χ1v) is 7.48. The molecule has 1 heterocycles. The molecule has 0 spiro atoms. The molecule has 0 amide bonds. The molecule has 0 unspecified atom stereocenters. The fourth-order valence-corrected chi connectivity index (χ4v) is 3.00. The van der Waals surface area contributed by atoms with Crippen LogP contribution in [0.4, 0.5) is 0 Å². The van der Waals surface area contributed by atoms with Crippen molar-refractivity contribution in [3.8, 4) is 0 Å². The van der Waals surface area contributed by atoms with Gasteiger partial charge in [0, 0.05) is 17.8 Å². The molecule has 2 N–H and O–H groups in total. The zero-order chi connectivity index (χ0) is 14.1. The van der Waals surface area contributed by atoms with Crippen LogP contribution in [0.3, 0.4) is 0 Å². The second kappa shape index (κ2) is 5.37.